The molecule has 3 aromatic rings. The van der Waals surface area contributed by atoms with Gasteiger partial charge in [-0.15, -0.1) is 0 Å². The smallest absolute Gasteiger partial charge is 0.307 e. The minimum Gasteiger partial charge on any atom is -0.460 e. The fourth-order valence-electron chi connectivity index (χ4n) is 8.77. The van der Waals surface area contributed by atoms with Crippen molar-refractivity contribution >= 4 is 22.1 Å². The zero-order chi connectivity index (χ0) is 47.5. The van der Waals surface area contributed by atoms with Crippen molar-refractivity contribution in [2.75, 3.05) is 0 Å². The first-order chi connectivity index (χ1) is 30.8. The highest BCUT2D eigenvalue weighted by atomic mass is 32.2. The van der Waals surface area contributed by atoms with Crippen LogP contribution < -0.4 is 5.32 Å². The van der Waals surface area contributed by atoms with Gasteiger partial charge in [0.15, 0.2) is 11.6 Å². The van der Waals surface area contributed by atoms with Crippen LogP contribution in [0.1, 0.15) is 225 Å². The van der Waals surface area contributed by atoms with Gasteiger partial charge in [0.1, 0.15) is 17.8 Å². The topological polar surface area (TPSA) is 186 Å². The average Bonchev–Trinajstić information content (AvgIpc) is 3.93. The molecule has 0 bridgehead atoms. The maximum absolute atomic E-state index is 12.5. The van der Waals surface area contributed by atoms with Gasteiger partial charge in [-0.25, -0.2) is 0 Å². The van der Waals surface area contributed by atoms with Crippen LogP contribution in [0.15, 0.2) is 38.2 Å². The number of rotatable bonds is 23. The Balaban J connectivity index is 0.000000288. The molecule has 15 heteroatoms. The van der Waals surface area contributed by atoms with Crippen molar-refractivity contribution in [1.82, 2.24) is 25.6 Å². The van der Waals surface area contributed by atoms with E-state index in [1.54, 1.807) is 12.1 Å². The molecular formula is C50H81N5O9S. The summed E-state index contributed by atoms with van der Waals surface area (Å²) in [5.74, 6) is 2.37. The Hall–Kier alpha value is -3.69. The van der Waals surface area contributed by atoms with Crippen LogP contribution in [0.5, 0.6) is 0 Å². The number of hydrogen-bond acceptors (Lipinski definition) is 14. The second kappa shape index (κ2) is 26.6. The lowest BCUT2D eigenvalue weighted by molar-refractivity contribution is -0.156. The fraction of sp³-hybridized carbons (Fsp3) is 0.760. The summed E-state index contributed by atoms with van der Waals surface area (Å²) < 4.78 is 52.2. The van der Waals surface area contributed by atoms with Gasteiger partial charge < -0.3 is 23.8 Å². The number of carbonyl (C=O) groups excluding carboxylic acids is 2. The van der Waals surface area contributed by atoms with Crippen LogP contribution in [0, 0.1) is 18.8 Å². The van der Waals surface area contributed by atoms with Crippen LogP contribution in [0.4, 0.5) is 0 Å². The number of esters is 2. The molecule has 2 atom stereocenters. The molecule has 2 fully saturated rings. The van der Waals surface area contributed by atoms with Crippen molar-refractivity contribution in [3.05, 3.63) is 53.3 Å². The van der Waals surface area contributed by atoms with Crippen LogP contribution in [0.25, 0.3) is 0 Å². The predicted octanol–water partition coefficient (Wildman–Crippen LogP) is 11.8. The van der Waals surface area contributed by atoms with Crippen molar-refractivity contribution in [3.8, 4) is 0 Å². The van der Waals surface area contributed by atoms with Crippen LogP contribution in [0.2, 0.25) is 0 Å². The van der Waals surface area contributed by atoms with Gasteiger partial charge in [0.05, 0.1) is 24.3 Å². The molecule has 0 saturated heterocycles. The maximum Gasteiger partial charge on any atom is 0.307 e. The first-order valence-corrected chi connectivity index (χ1v) is 26.0. The van der Waals surface area contributed by atoms with E-state index in [0.29, 0.717) is 36.6 Å². The monoisotopic (exact) mass is 928 g/mol. The van der Waals surface area contributed by atoms with E-state index in [4.69, 9.17) is 22.7 Å². The molecule has 1 N–H and O–H groups in total. The molecule has 366 valence electrons. The van der Waals surface area contributed by atoms with Gasteiger partial charge in [0, 0.05) is 17.9 Å². The Kier molecular flexibility index (Phi) is 22.1. The third-order valence-electron chi connectivity index (χ3n) is 12.3. The molecule has 0 radical (unpaired) electrons. The van der Waals surface area contributed by atoms with Crippen LogP contribution >= 0.6 is 0 Å². The van der Waals surface area contributed by atoms with Gasteiger partial charge in [0.2, 0.25) is 11.8 Å². The lowest BCUT2D eigenvalue weighted by Crippen LogP contribution is -2.27. The highest BCUT2D eigenvalue weighted by Gasteiger charge is 2.29. The minimum absolute atomic E-state index is 0.0670. The van der Waals surface area contributed by atoms with Crippen molar-refractivity contribution < 1.29 is 40.7 Å². The molecule has 1 aromatic carbocycles. The number of hydrogen-bond donors (Lipinski definition) is 1. The summed E-state index contributed by atoms with van der Waals surface area (Å²) in [5.41, 5.74) is -0.114. The number of nitrogens with zero attached hydrogens (tertiary/aromatic N) is 4. The second-order valence-electron chi connectivity index (χ2n) is 20.4. The number of ether oxygens (including phenoxy) is 2. The van der Waals surface area contributed by atoms with E-state index in [1.807, 2.05) is 48.5 Å². The lowest BCUT2D eigenvalue weighted by atomic mass is 9.84. The largest absolute Gasteiger partial charge is 0.460 e. The normalized spacial score (nSPS) is 16.5. The van der Waals surface area contributed by atoms with Crippen molar-refractivity contribution in [2.24, 2.45) is 11.8 Å². The van der Waals surface area contributed by atoms with E-state index >= 15 is 0 Å². The summed E-state index contributed by atoms with van der Waals surface area (Å²) in [6.07, 6.45) is 21.8. The SMILES string of the molecule is CCC(CC)NCc1noc([C@H](CCCC2CCCCC2)CC(=O)OC(C)(C)C)n1.Cc1ccc(S(=O)(=O)OCc2noc([C@H](CCCC3CCCCC3)CC(=O)OC(C)(C)C)n2)cc1. The standard InChI is InChI=1S/C26H38N2O6S.C24H43N3O3/c1-19-13-15-22(16-14-19)35(30,31)32-18-23-27-25(34-28-23)21(17-24(29)33-26(2,3)4)12-8-11-20-9-6-5-7-10-20;1-6-20(7-2)25-17-21-26-23(30-27-21)19(16-22(28)29-24(3,4)5)15-11-14-18-12-9-8-10-13-18/h13-16,20-21H,5-12,17-18H2,1-4H3;18-20,25H,6-17H2,1-5H3/t21-;19-/m11/s1. The molecule has 0 unspecified atom stereocenters. The lowest BCUT2D eigenvalue weighted by Gasteiger charge is -2.23. The number of nitrogens with one attached hydrogen (secondary N) is 1. The molecule has 5 rings (SSSR count). The van der Waals surface area contributed by atoms with Gasteiger partial charge in [-0.2, -0.15) is 18.4 Å². The first kappa shape index (κ1) is 53.9. The summed E-state index contributed by atoms with van der Waals surface area (Å²) in [7, 11) is -3.95. The molecule has 2 aromatic heterocycles. The van der Waals surface area contributed by atoms with E-state index in [1.165, 1.54) is 82.8 Å². The third-order valence-corrected chi connectivity index (χ3v) is 13.6. The zero-order valence-electron chi connectivity index (χ0n) is 41.1. The molecule has 2 heterocycles. The summed E-state index contributed by atoms with van der Waals surface area (Å²) >= 11 is 0. The second-order valence-corrected chi connectivity index (χ2v) is 22.0. The van der Waals surface area contributed by atoms with Crippen LogP contribution in [0.3, 0.4) is 0 Å². The highest BCUT2D eigenvalue weighted by Crippen LogP contribution is 2.33. The number of carbonyl (C=O) groups is 2. The molecule has 65 heavy (non-hydrogen) atoms. The first-order valence-electron chi connectivity index (χ1n) is 24.6. The Labute approximate surface area is 390 Å². The van der Waals surface area contributed by atoms with Gasteiger partial charge in [-0.3, -0.25) is 13.8 Å². The molecular weight excluding hydrogens is 847 g/mol. The molecule has 0 spiro atoms. The van der Waals surface area contributed by atoms with E-state index in [-0.39, 0.29) is 47.5 Å². The predicted molar refractivity (Wildman–Crippen MR) is 250 cm³/mol. The molecule has 14 nitrogen and oxygen atoms in total. The van der Waals surface area contributed by atoms with Crippen molar-refractivity contribution in [2.45, 2.75) is 238 Å². The van der Waals surface area contributed by atoms with E-state index < -0.39 is 21.3 Å². The summed E-state index contributed by atoms with van der Waals surface area (Å²) in [4.78, 5) is 34.1. The van der Waals surface area contributed by atoms with Crippen LogP contribution in [-0.2, 0) is 46.5 Å². The average molecular weight is 928 g/mol. The van der Waals surface area contributed by atoms with Crippen molar-refractivity contribution in [1.29, 1.82) is 0 Å². The Morgan fingerprint density at radius 3 is 1.60 bits per heavy atom. The molecule has 2 saturated carbocycles. The minimum atomic E-state index is -3.95. The van der Waals surface area contributed by atoms with E-state index in [0.717, 1.165) is 62.3 Å². The number of aromatic nitrogens is 4. The van der Waals surface area contributed by atoms with E-state index in [2.05, 4.69) is 39.4 Å². The molecule has 0 amide bonds. The van der Waals surface area contributed by atoms with Gasteiger partial charge in [-0.1, -0.05) is 132 Å². The van der Waals surface area contributed by atoms with Crippen LogP contribution in [-0.4, -0.2) is 57.9 Å². The highest BCUT2D eigenvalue weighted by molar-refractivity contribution is 7.86. The zero-order valence-corrected chi connectivity index (χ0v) is 41.9. The molecule has 2 aliphatic rings. The Morgan fingerprint density at radius 2 is 1.15 bits per heavy atom. The Morgan fingerprint density at radius 1 is 0.708 bits per heavy atom. The third kappa shape index (κ3) is 20.8. The summed E-state index contributed by atoms with van der Waals surface area (Å²) in [6, 6.07) is 6.86. The summed E-state index contributed by atoms with van der Waals surface area (Å²) in [5, 5.41) is 11.5. The quantitative estimate of drug-likeness (QED) is 0.0699. The maximum atomic E-state index is 12.5. The summed E-state index contributed by atoms with van der Waals surface area (Å²) in [6.45, 7) is 17.7. The molecule has 2 aliphatic carbocycles. The van der Waals surface area contributed by atoms with Gasteiger partial charge >= 0.3 is 11.9 Å². The fourth-order valence-corrected chi connectivity index (χ4v) is 9.63. The molecule has 0 aliphatic heterocycles. The number of benzene rings is 1. The van der Waals surface area contributed by atoms with E-state index in [9.17, 15) is 18.0 Å². The van der Waals surface area contributed by atoms with Gasteiger partial charge in [0.25, 0.3) is 10.1 Å². The van der Waals surface area contributed by atoms with Gasteiger partial charge in [-0.05, 0) is 98.1 Å². The van der Waals surface area contributed by atoms with Crippen molar-refractivity contribution in [3.63, 3.8) is 0 Å². The number of aryl methyl sites for hydroxylation is 1. The Bertz CT molecular complexity index is 1930.